The topological polar surface area (TPSA) is 21.7 Å². The Hall–Kier alpha value is -3.72. The molecule has 0 atom stereocenters. The number of para-hydroxylation sites is 3. The molecule has 29 heavy (non-hydrogen) atoms. The van der Waals surface area contributed by atoms with Gasteiger partial charge in [-0.1, -0.05) is 60.7 Å². The second-order valence-electron chi connectivity index (χ2n) is 7.23. The van der Waals surface area contributed by atoms with E-state index in [0.717, 1.165) is 22.8 Å². The van der Waals surface area contributed by atoms with Crippen molar-refractivity contribution in [1.82, 2.24) is 9.55 Å². The standard InChI is InChI=1S/C26H22N3/c1-19-21(14-10-18-27-19)26-28(2)24-16-8-9-17-25(24)29(26)23-15-7-6-13-22(23)20-11-4-3-5-12-20/h3-18H,1-2H3/q+1. The molecule has 0 unspecified atom stereocenters. The molecule has 0 aliphatic rings. The number of hydrogen-bond donors (Lipinski definition) is 0. The van der Waals surface area contributed by atoms with Crippen molar-refractivity contribution in [2.24, 2.45) is 7.05 Å². The van der Waals surface area contributed by atoms with Gasteiger partial charge in [0.15, 0.2) is 11.0 Å². The summed E-state index contributed by atoms with van der Waals surface area (Å²) in [6, 6.07) is 31.9. The molecule has 0 amide bonds. The number of aromatic nitrogens is 3. The van der Waals surface area contributed by atoms with E-state index in [0.29, 0.717) is 0 Å². The van der Waals surface area contributed by atoms with Crippen LogP contribution in [0.5, 0.6) is 0 Å². The van der Waals surface area contributed by atoms with Crippen molar-refractivity contribution >= 4 is 11.0 Å². The number of benzene rings is 3. The lowest BCUT2D eigenvalue weighted by Gasteiger charge is -2.10. The van der Waals surface area contributed by atoms with Gasteiger partial charge >= 0.3 is 0 Å². The largest absolute Gasteiger partial charge is 0.296 e. The Balaban J connectivity index is 1.91. The van der Waals surface area contributed by atoms with Crippen LogP contribution < -0.4 is 4.57 Å². The first-order valence-electron chi connectivity index (χ1n) is 9.82. The summed E-state index contributed by atoms with van der Waals surface area (Å²) >= 11 is 0. The molecular weight excluding hydrogens is 354 g/mol. The fourth-order valence-electron chi connectivity index (χ4n) is 4.11. The number of hydrogen-bond acceptors (Lipinski definition) is 1. The van der Waals surface area contributed by atoms with Crippen molar-refractivity contribution in [2.45, 2.75) is 6.92 Å². The minimum Gasteiger partial charge on any atom is -0.261 e. The summed E-state index contributed by atoms with van der Waals surface area (Å²) in [5.41, 5.74) is 8.09. The summed E-state index contributed by atoms with van der Waals surface area (Å²) in [6.45, 7) is 2.07. The number of aryl methyl sites for hydroxylation is 2. The summed E-state index contributed by atoms with van der Waals surface area (Å²) < 4.78 is 4.63. The average Bonchev–Trinajstić information content (AvgIpc) is 3.07. The van der Waals surface area contributed by atoms with Gasteiger partial charge in [-0.3, -0.25) is 4.98 Å². The molecule has 5 aromatic rings. The highest BCUT2D eigenvalue weighted by Crippen LogP contribution is 2.33. The highest BCUT2D eigenvalue weighted by Gasteiger charge is 2.28. The van der Waals surface area contributed by atoms with Crippen LogP contribution in [0.3, 0.4) is 0 Å². The third kappa shape index (κ3) is 2.83. The van der Waals surface area contributed by atoms with Crippen LogP contribution in [0.25, 0.3) is 39.2 Å². The van der Waals surface area contributed by atoms with Crippen LogP contribution in [0, 0.1) is 6.92 Å². The predicted molar refractivity (Wildman–Crippen MR) is 118 cm³/mol. The van der Waals surface area contributed by atoms with Gasteiger partial charge < -0.3 is 0 Å². The number of imidazole rings is 1. The quantitative estimate of drug-likeness (QED) is 0.382. The van der Waals surface area contributed by atoms with Crippen molar-refractivity contribution in [3.05, 3.63) is 103 Å². The van der Waals surface area contributed by atoms with E-state index in [9.17, 15) is 0 Å². The van der Waals surface area contributed by atoms with E-state index in [1.54, 1.807) is 0 Å². The number of fused-ring (bicyclic) bond motifs is 1. The molecule has 0 saturated carbocycles. The lowest BCUT2D eigenvalue weighted by atomic mass is 10.0. The zero-order valence-electron chi connectivity index (χ0n) is 16.6. The SMILES string of the molecule is Cc1ncccc1-c1n(-c2ccccc2-c2ccccc2)c2ccccc2[n+]1C. The van der Waals surface area contributed by atoms with Crippen LogP contribution in [0.1, 0.15) is 5.69 Å². The molecule has 140 valence electrons. The highest BCUT2D eigenvalue weighted by atomic mass is 15.2. The molecule has 3 aromatic carbocycles. The van der Waals surface area contributed by atoms with Crippen LogP contribution in [0.15, 0.2) is 97.2 Å². The molecule has 0 radical (unpaired) electrons. The van der Waals surface area contributed by atoms with Crippen LogP contribution in [0.4, 0.5) is 0 Å². The van der Waals surface area contributed by atoms with E-state index < -0.39 is 0 Å². The Bertz CT molecular complexity index is 1320. The molecule has 3 heteroatoms. The lowest BCUT2D eigenvalue weighted by Crippen LogP contribution is -2.30. The Morgan fingerprint density at radius 1 is 0.724 bits per heavy atom. The van der Waals surface area contributed by atoms with Gasteiger partial charge in [-0.15, -0.1) is 0 Å². The third-order valence-electron chi connectivity index (χ3n) is 5.49. The number of nitrogens with zero attached hydrogens (tertiary/aromatic N) is 3. The minimum atomic E-state index is 1.02. The monoisotopic (exact) mass is 376 g/mol. The fourth-order valence-corrected chi connectivity index (χ4v) is 4.11. The third-order valence-corrected chi connectivity index (χ3v) is 5.49. The maximum absolute atomic E-state index is 4.56. The summed E-state index contributed by atoms with van der Waals surface area (Å²) in [4.78, 5) is 4.56. The molecule has 0 N–H and O–H groups in total. The number of rotatable bonds is 3. The molecule has 0 saturated heterocycles. The van der Waals surface area contributed by atoms with Gasteiger partial charge in [0, 0.05) is 11.8 Å². The van der Waals surface area contributed by atoms with Gasteiger partial charge in [0.2, 0.25) is 0 Å². The molecule has 0 spiro atoms. The lowest BCUT2D eigenvalue weighted by molar-refractivity contribution is -0.633. The molecular formula is C26H22N3+. The zero-order chi connectivity index (χ0) is 19.8. The van der Waals surface area contributed by atoms with Crippen molar-refractivity contribution < 1.29 is 4.57 Å². The maximum Gasteiger partial charge on any atom is 0.296 e. The molecule has 0 bridgehead atoms. The molecule has 3 nitrogen and oxygen atoms in total. The van der Waals surface area contributed by atoms with E-state index in [1.165, 1.54) is 22.2 Å². The Morgan fingerprint density at radius 2 is 1.41 bits per heavy atom. The van der Waals surface area contributed by atoms with Gasteiger partial charge in [-0.25, -0.2) is 4.57 Å². The number of pyridine rings is 1. The van der Waals surface area contributed by atoms with E-state index in [2.05, 4.69) is 113 Å². The molecule has 0 aliphatic heterocycles. The Labute approximate surface area is 170 Å². The first kappa shape index (κ1) is 17.4. The maximum atomic E-state index is 4.56. The van der Waals surface area contributed by atoms with Crippen LogP contribution >= 0.6 is 0 Å². The normalized spacial score (nSPS) is 11.1. The Kier molecular flexibility index (Phi) is 4.21. The summed E-state index contributed by atoms with van der Waals surface area (Å²) in [7, 11) is 2.13. The molecule has 0 fully saturated rings. The second kappa shape index (κ2) is 7.02. The first-order valence-corrected chi connectivity index (χ1v) is 9.82. The van der Waals surface area contributed by atoms with Crippen LogP contribution in [0.2, 0.25) is 0 Å². The molecule has 5 rings (SSSR count). The van der Waals surface area contributed by atoms with E-state index >= 15 is 0 Å². The fraction of sp³-hybridized carbons (Fsp3) is 0.0769. The summed E-state index contributed by atoms with van der Waals surface area (Å²) in [6.07, 6.45) is 1.85. The summed E-state index contributed by atoms with van der Waals surface area (Å²) in [5, 5.41) is 0. The van der Waals surface area contributed by atoms with E-state index in [-0.39, 0.29) is 0 Å². The van der Waals surface area contributed by atoms with E-state index in [4.69, 9.17) is 0 Å². The summed E-state index contributed by atoms with van der Waals surface area (Å²) in [5.74, 6) is 1.13. The van der Waals surface area contributed by atoms with Gasteiger partial charge in [-0.2, -0.15) is 4.57 Å². The minimum absolute atomic E-state index is 1.02. The smallest absolute Gasteiger partial charge is 0.261 e. The molecule has 2 aromatic heterocycles. The molecule has 2 heterocycles. The first-order chi connectivity index (χ1) is 14.3. The van der Waals surface area contributed by atoms with Crippen molar-refractivity contribution in [1.29, 1.82) is 0 Å². The van der Waals surface area contributed by atoms with Crippen LogP contribution in [-0.4, -0.2) is 9.55 Å². The van der Waals surface area contributed by atoms with Crippen molar-refractivity contribution in [2.75, 3.05) is 0 Å². The predicted octanol–water partition coefficient (Wildman–Crippen LogP) is 5.49. The van der Waals surface area contributed by atoms with Gasteiger partial charge in [0.1, 0.15) is 5.69 Å². The van der Waals surface area contributed by atoms with E-state index in [1.807, 2.05) is 12.3 Å². The zero-order valence-corrected chi connectivity index (χ0v) is 16.6. The average molecular weight is 376 g/mol. The van der Waals surface area contributed by atoms with Gasteiger partial charge in [-0.05, 0) is 42.8 Å². The Morgan fingerprint density at radius 3 is 2.24 bits per heavy atom. The van der Waals surface area contributed by atoms with Crippen LogP contribution in [-0.2, 0) is 7.05 Å². The molecule has 0 aliphatic carbocycles. The van der Waals surface area contributed by atoms with Gasteiger partial charge in [0.25, 0.3) is 5.82 Å². The van der Waals surface area contributed by atoms with Gasteiger partial charge in [0.05, 0.1) is 18.3 Å². The van der Waals surface area contributed by atoms with Crippen molar-refractivity contribution in [3.8, 4) is 28.2 Å². The second-order valence-corrected chi connectivity index (χ2v) is 7.23. The highest BCUT2D eigenvalue weighted by molar-refractivity contribution is 5.83. The van der Waals surface area contributed by atoms with Crippen molar-refractivity contribution in [3.63, 3.8) is 0 Å².